The van der Waals surface area contributed by atoms with Gasteiger partial charge in [-0.2, -0.15) is 10.1 Å². The first-order chi connectivity index (χ1) is 10.6. The second-order valence-corrected chi connectivity index (χ2v) is 6.17. The molecule has 22 heavy (non-hydrogen) atoms. The van der Waals surface area contributed by atoms with Crippen LogP contribution in [-0.4, -0.2) is 33.0 Å². The molecule has 0 aliphatic carbocycles. The van der Waals surface area contributed by atoms with E-state index in [4.69, 9.17) is 0 Å². The summed E-state index contributed by atoms with van der Waals surface area (Å²) in [6.45, 7) is 2.47. The Morgan fingerprint density at radius 3 is 2.68 bits per heavy atom. The van der Waals surface area contributed by atoms with E-state index in [1.807, 2.05) is 37.3 Å². The van der Waals surface area contributed by atoms with Crippen LogP contribution in [0.25, 0.3) is 5.69 Å². The van der Waals surface area contributed by atoms with Gasteiger partial charge in [-0.25, -0.2) is 17.8 Å². The summed E-state index contributed by atoms with van der Waals surface area (Å²) in [6.07, 6.45) is 4.19. The van der Waals surface area contributed by atoms with Crippen LogP contribution in [0.5, 0.6) is 0 Å². The van der Waals surface area contributed by atoms with E-state index in [2.05, 4.69) is 19.9 Å². The second-order valence-electron chi connectivity index (χ2n) is 4.49. The van der Waals surface area contributed by atoms with Gasteiger partial charge in [0.05, 0.1) is 11.9 Å². The van der Waals surface area contributed by atoms with E-state index < -0.39 is 10.0 Å². The molecule has 0 amide bonds. The molecule has 3 rings (SSSR count). The van der Waals surface area contributed by atoms with Crippen LogP contribution in [0.3, 0.4) is 0 Å². The van der Waals surface area contributed by atoms with E-state index >= 15 is 0 Å². The molecule has 2 aromatic heterocycles. The molecule has 0 aliphatic rings. The first kappa shape index (κ1) is 14.3. The van der Waals surface area contributed by atoms with E-state index in [1.165, 1.54) is 28.1 Å². The zero-order valence-corrected chi connectivity index (χ0v) is 12.6. The van der Waals surface area contributed by atoms with Crippen LogP contribution >= 0.6 is 0 Å². The van der Waals surface area contributed by atoms with Gasteiger partial charge in [0.1, 0.15) is 11.2 Å². The average molecular weight is 318 g/mol. The van der Waals surface area contributed by atoms with Crippen molar-refractivity contribution in [3.05, 3.63) is 49.1 Å². The molecular formula is C13H14N6O2S. The number of aromatic nitrogens is 5. The number of sulfonamides is 1. The highest BCUT2D eigenvalue weighted by Crippen LogP contribution is 2.13. The van der Waals surface area contributed by atoms with Gasteiger partial charge in [-0.15, -0.1) is 5.10 Å². The van der Waals surface area contributed by atoms with Crippen LogP contribution in [0, 0.1) is 0 Å². The molecule has 1 aromatic carbocycles. The Morgan fingerprint density at radius 2 is 2.00 bits per heavy atom. The number of benzene rings is 1. The van der Waals surface area contributed by atoms with Crippen molar-refractivity contribution < 1.29 is 8.42 Å². The quantitative estimate of drug-likeness (QED) is 0.765. The Balaban J connectivity index is 1.83. The third kappa shape index (κ3) is 2.84. The van der Waals surface area contributed by atoms with Gasteiger partial charge in [-0.05, 0) is 19.1 Å². The number of anilines is 1. The summed E-state index contributed by atoms with van der Waals surface area (Å²) in [5, 5.41) is 8.05. The van der Waals surface area contributed by atoms with E-state index in [0.717, 1.165) is 5.69 Å². The number of aryl methyl sites for hydroxylation is 1. The van der Waals surface area contributed by atoms with E-state index in [9.17, 15) is 8.42 Å². The highest BCUT2D eigenvalue weighted by molar-refractivity contribution is 7.92. The van der Waals surface area contributed by atoms with Crippen molar-refractivity contribution in [1.29, 1.82) is 0 Å². The summed E-state index contributed by atoms with van der Waals surface area (Å²) in [5.41, 5.74) is 0.791. The number of rotatable bonds is 5. The molecule has 9 heteroatoms. The molecule has 0 spiro atoms. The monoisotopic (exact) mass is 318 g/mol. The lowest BCUT2D eigenvalue weighted by Crippen LogP contribution is -2.13. The number of nitrogens with one attached hydrogen (secondary N) is 1. The molecule has 1 N–H and O–H groups in total. The topological polar surface area (TPSA) is 94.7 Å². The maximum absolute atomic E-state index is 12.2. The first-order valence-corrected chi connectivity index (χ1v) is 8.09. The third-order valence-corrected chi connectivity index (χ3v) is 4.26. The standard InChI is InChI=1S/C13H14N6O2S/c1-2-18-9-12(8-15-18)22(20,21)17-13-14-10-19(16-13)11-6-4-3-5-7-11/h3-10H,2H2,1H3,(H,16,17). The fraction of sp³-hybridized carbons (Fsp3) is 0.154. The first-order valence-electron chi connectivity index (χ1n) is 6.61. The summed E-state index contributed by atoms with van der Waals surface area (Å²) in [7, 11) is -3.74. The van der Waals surface area contributed by atoms with Gasteiger partial charge in [-0.3, -0.25) is 4.68 Å². The summed E-state index contributed by atoms with van der Waals surface area (Å²) in [5.74, 6) is 0.00750. The molecule has 0 radical (unpaired) electrons. The highest BCUT2D eigenvalue weighted by Gasteiger charge is 2.18. The number of hydrogen-bond acceptors (Lipinski definition) is 5. The Morgan fingerprint density at radius 1 is 1.23 bits per heavy atom. The predicted octanol–water partition coefficient (Wildman–Crippen LogP) is 1.28. The summed E-state index contributed by atoms with van der Waals surface area (Å²) in [4.78, 5) is 4.04. The van der Waals surface area contributed by atoms with Gasteiger partial charge in [-0.1, -0.05) is 18.2 Å². The summed E-state index contributed by atoms with van der Waals surface area (Å²) >= 11 is 0. The fourth-order valence-corrected chi connectivity index (χ4v) is 2.75. The normalized spacial score (nSPS) is 11.5. The lowest BCUT2D eigenvalue weighted by Gasteiger charge is -2.01. The SMILES string of the molecule is CCn1cc(S(=O)(=O)Nc2ncn(-c3ccccc3)n2)cn1. The Labute approximate surface area is 127 Å². The minimum absolute atomic E-state index is 0.00750. The average Bonchev–Trinajstić information content (AvgIpc) is 3.17. The van der Waals surface area contributed by atoms with Crippen LogP contribution in [0.15, 0.2) is 53.9 Å². The molecule has 0 atom stereocenters. The van der Waals surface area contributed by atoms with E-state index in [1.54, 1.807) is 0 Å². The molecule has 114 valence electrons. The van der Waals surface area contributed by atoms with Crippen molar-refractivity contribution in [1.82, 2.24) is 24.5 Å². The molecule has 0 aliphatic heterocycles. The number of nitrogens with zero attached hydrogens (tertiary/aromatic N) is 5. The van der Waals surface area contributed by atoms with Gasteiger partial charge in [0.25, 0.3) is 16.0 Å². The van der Waals surface area contributed by atoms with Gasteiger partial charge < -0.3 is 0 Å². The molecule has 0 fully saturated rings. The molecule has 0 saturated heterocycles. The largest absolute Gasteiger partial charge is 0.272 e. The Bertz CT molecular complexity index is 869. The van der Waals surface area contributed by atoms with Crippen molar-refractivity contribution in [2.45, 2.75) is 18.4 Å². The number of hydrogen-bond donors (Lipinski definition) is 1. The second kappa shape index (κ2) is 5.60. The molecule has 8 nitrogen and oxygen atoms in total. The van der Waals surface area contributed by atoms with Crippen molar-refractivity contribution in [3.63, 3.8) is 0 Å². The van der Waals surface area contributed by atoms with Crippen LogP contribution in [0.1, 0.15) is 6.92 Å². The fourth-order valence-electron chi connectivity index (χ4n) is 1.85. The maximum atomic E-state index is 12.2. The van der Waals surface area contributed by atoms with Crippen LogP contribution in [0.4, 0.5) is 5.95 Å². The van der Waals surface area contributed by atoms with Gasteiger partial charge in [0, 0.05) is 12.7 Å². The van der Waals surface area contributed by atoms with Crippen LogP contribution in [0.2, 0.25) is 0 Å². The maximum Gasteiger partial charge on any atom is 0.267 e. The Kier molecular flexibility index (Phi) is 3.63. The smallest absolute Gasteiger partial charge is 0.267 e. The highest BCUT2D eigenvalue weighted by atomic mass is 32.2. The van der Waals surface area contributed by atoms with Gasteiger partial charge in [0.15, 0.2) is 0 Å². The summed E-state index contributed by atoms with van der Waals surface area (Å²) in [6, 6.07) is 9.30. The third-order valence-electron chi connectivity index (χ3n) is 2.98. The minimum Gasteiger partial charge on any atom is -0.272 e. The molecule has 0 unspecified atom stereocenters. The molecule has 3 aromatic rings. The van der Waals surface area contributed by atoms with Crippen LogP contribution in [-0.2, 0) is 16.6 Å². The predicted molar refractivity (Wildman–Crippen MR) is 80.1 cm³/mol. The zero-order chi connectivity index (χ0) is 15.6. The van der Waals surface area contributed by atoms with Crippen molar-refractivity contribution >= 4 is 16.0 Å². The lowest BCUT2D eigenvalue weighted by atomic mass is 10.3. The van der Waals surface area contributed by atoms with Crippen LogP contribution < -0.4 is 4.72 Å². The molecule has 0 saturated carbocycles. The van der Waals surface area contributed by atoms with Crippen molar-refractivity contribution in [3.8, 4) is 5.69 Å². The van der Waals surface area contributed by atoms with Gasteiger partial charge >= 0.3 is 0 Å². The van der Waals surface area contributed by atoms with E-state index in [-0.39, 0.29) is 10.8 Å². The van der Waals surface area contributed by atoms with Crippen molar-refractivity contribution in [2.24, 2.45) is 0 Å². The lowest BCUT2D eigenvalue weighted by molar-refractivity contribution is 0.600. The zero-order valence-electron chi connectivity index (χ0n) is 11.8. The molecular weight excluding hydrogens is 304 g/mol. The van der Waals surface area contributed by atoms with Crippen molar-refractivity contribution in [2.75, 3.05) is 4.72 Å². The van der Waals surface area contributed by atoms with E-state index in [0.29, 0.717) is 6.54 Å². The molecule has 2 heterocycles. The molecule has 0 bridgehead atoms. The number of para-hydroxylation sites is 1. The van der Waals surface area contributed by atoms with Gasteiger partial charge in [0.2, 0.25) is 0 Å². The Hall–Kier alpha value is -2.68. The minimum atomic E-state index is -3.74. The summed E-state index contributed by atoms with van der Waals surface area (Å²) < 4.78 is 29.8.